The highest BCUT2D eigenvalue weighted by Gasteiger charge is 2.19. The van der Waals surface area contributed by atoms with E-state index in [0.717, 1.165) is 4.47 Å². The second-order valence-corrected chi connectivity index (χ2v) is 7.99. The van der Waals surface area contributed by atoms with Gasteiger partial charge in [0.2, 0.25) is 0 Å². The third-order valence-corrected chi connectivity index (χ3v) is 3.92. The average molecular weight is 364 g/mol. The topological polar surface area (TPSA) is 29.3 Å². The number of pyridine rings is 1. The first-order valence-corrected chi connectivity index (χ1v) is 7.74. The maximum Gasteiger partial charge on any atom is 0.295 e. The van der Waals surface area contributed by atoms with Gasteiger partial charge in [-0.1, -0.05) is 27.9 Å². The molecule has 0 amide bonds. The van der Waals surface area contributed by atoms with Gasteiger partial charge in [0, 0.05) is 15.4 Å². The number of imidazole rings is 1. The Hall–Kier alpha value is -0.660. The molecule has 20 heavy (non-hydrogen) atoms. The molecular formula is C13H16BrF2N3S. The molecule has 0 saturated carbocycles. The normalized spacial score (nSPS) is 12.6. The smallest absolute Gasteiger partial charge is 0.295 e. The number of fused-ring (bicyclic) bond motifs is 1. The van der Waals surface area contributed by atoms with Crippen molar-refractivity contribution in [1.82, 2.24) is 14.1 Å². The van der Waals surface area contributed by atoms with E-state index in [4.69, 9.17) is 0 Å². The summed E-state index contributed by atoms with van der Waals surface area (Å²) >= 11 is 4.92. The van der Waals surface area contributed by atoms with Crippen molar-refractivity contribution < 1.29 is 8.78 Å². The van der Waals surface area contributed by atoms with E-state index in [2.05, 4.69) is 46.4 Å². The fourth-order valence-corrected chi connectivity index (χ4v) is 2.73. The molecule has 2 heterocycles. The highest BCUT2D eigenvalue weighted by molar-refractivity contribution is 9.10. The van der Waals surface area contributed by atoms with E-state index >= 15 is 0 Å². The standard InChI is InChI=1S/C13H16BrF2N3S/c1-13(2,3)20-17-7-9-10-6-8(14)4-5-19(10)12(18-9)11(15)16/h4-6,11,17H,7H2,1-3H3. The van der Waals surface area contributed by atoms with Crippen molar-refractivity contribution in [3.8, 4) is 0 Å². The van der Waals surface area contributed by atoms with Crippen molar-refractivity contribution in [2.24, 2.45) is 0 Å². The summed E-state index contributed by atoms with van der Waals surface area (Å²) in [6.07, 6.45) is -0.985. The Kier molecular flexibility index (Phi) is 4.71. The lowest BCUT2D eigenvalue weighted by atomic mass is 10.3. The van der Waals surface area contributed by atoms with Gasteiger partial charge in [-0.2, -0.15) is 0 Å². The number of halogens is 3. The quantitative estimate of drug-likeness (QED) is 0.806. The zero-order valence-corrected chi connectivity index (χ0v) is 13.9. The van der Waals surface area contributed by atoms with Crippen LogP contribution in [0.5, 0.6) is 0 Å². The van der Waals surface area contributed by atoms with E-state index in [-0.39, 0.29) is 10.6 Å². The van der Waals surface area contributed by atoms with Crippen molar-refractivity contribution in [3.05, 3.63) is 34.3 Å². The first-order valence-electron chi connectivity index (χ1n) is 6.13. The van der Waals surface area contributed by atoms with E-state index < -0.39 is 6.43 Å². The van der Waals surface area contributed by atoms with Crippen LogP contribution in [0.4, 0.5) is 8.78 Å². The molecular weight excluding hydrogens is 348 g/mol. The molecule has 1 N–H and O–H groups in total. The van der Waals surface area contributed by atoms with Crippen LogP contribution >= 0.6 is 27.9 Å². The van der Waals surface area contributed by atoms with Gasteiger partial charge in [-0.05, 0) is 32.9 Å². The van der Waals surface area contributed by atoms with E-state index in [1.165, 1.54) is 4.40 Å². The van der Waals surface area contributed by atoms with Crippen LogP contribution in [0.15, 0.2) is 22.8 Å². The summed E-state index contributed by atoms with van der Waals surface area (Å²) in [7, 11) is 0. The van der Waals surface area contributed by atoms with Crippen molar-refractivity contribution in [2.45, 2.75) is 38.5 Å². The van der Waals surface area contributed by atoms with Crippen LogP contribution in [-0.4, -0.2) is 14.1 Å². The number of rotatable bonds is 4. The summed E-state index contributed by atoms with van der Waals surface area (Å²) in [6, 6.07) is 3.53. The van der Waals surface area contributed by atoms with Crippen molar-refractivity contribution in [1.29, 1.82) is 0 Å². The number of aromatic nitrogens is 2. The fourth-order valence-electron chi connectivity index (χ4n) is 1.75. The van der Waals surface area contributed by atoms with E-state index in [0.29, 0.717) is 17.8 Å². The number of nitrogens with zero attached hydrogens (tertiary/aromatic N) is 2. The third kappa shape index (κ3) is 3.71. The third-order valence-electron chi connectivity index (χ3n) is 2.52. The fraction of sp³-hybridized carbons (Fsp3) is 0.462. The molecule has 2 rings (SSSR count). The molecule has 0 unspecified atom stereocenters. The zero-order chi connectivity index (χ0) is 14.9. The summed E-state index contributed by atoms with van der Waals surface area (Å²) in [5, 5.41) is 0. The predicted octanol–water partition coefficient (Wildman–Crippen LogP) is 4.57. The molecule has 0 saturated heterocycles. The first kappa shape index (κ1) is 15.7. The molecule has 0 spiro atoms. The van der Waals surface area contributed by atoms with E-state index in [1.54, 1.807) is 30.3 Å². The number of nitrogens with one attached hydrogen (secondary N) is 1. The molecule has 7 heteroatoms. The number of hydrogen-bond acceptors (Lipinski definition) is 3. The Morgan fingerprint density at radius 1 is 1.45 bits per heavy atom. The molecule has 0 bridgehead atoms. The molecule has 0 aliphatic carbocycles. The molecule has 2 aromatic heterocycles. The van der Waals surface area contributed by atoms with Crippen molar-refractivity contribution in [3.63, 3.8) is 0 Å². The van der Waals surface area contributed by atoms with E-state index in [9.17, 15) is 8.78 Å². The summed E-state index contributed by atoms with van der Waals surface area (Å²) in [4.78, 5) is 4.07. The maximum atomic E-state index is 13.0. The minimum Gasteiger partial charge on any atom is -0.299 e. The van der Waals surface area contributed by atoms with Crippen LogP contribution in [0.1, 0.15) is 38.7 Å². The molecule has 0 fully saturated rings. The maximum absolute atomic E-state index is 13.0. The Bertz CT molecular complexity index is 607. The molecule has 110 valence electrons. The van der Waals surface area contributed by atoms with Gasteiger partial charge < -0.3 is 0 Å². The van der Waals surface area contributed by atoms with Gasteiger partial charge in [0.1, 0.15) is 0 Å². The number of hydrogen-bond donors (Lipinski definition) is 1. The first-order chi connectivity index (χ1) is 9.28. The lowest BCUT2D eigenvalue weighted by Crippen LogP contribution is -2.16. The van der Waals surface area contributed by atoms with Gasteiger partial charge in [-0.25, -0.2) is 13.8 Å². The SMILES string of the molecule is CC(C)(C)SNCc1nc(C(F)F)n2ccc(Br)cc12. The highest BCUT2D eigenvalue weighted by Crippen LogP contribution is 2.26. The van der Waals surface area contributed by atoms with Gasteiger partial charge in [0.05, 0.1) is 17.8 Å². The van der Waals surface area contributed by atoms with Gasteiger partial charge >= 0.3 is 0 Å². The lowest BCUT2D eigenvalue weighted by Gasteiger charge is -2.17. The Morgan fingerprint density at radius 2 is 2.15 bits per heavy atom. The van der Waals surface area contributed by atoms with Crippen molar-refractivity contribution in [2.75, 3.05) is 0 Å². The summed E-state index contributed by atoms with van der Waals surface area (Å²) in [6.45, 7) is 6.68. The van der Waals surface area contributed by atoms with Gasteiger partial charge in [-0.15, -0.1) is 0 Å². The zero-order valence-electron chi connectivity index (χ0n) is 11.5. The van der Waals surface area contributed by atoms with Crippen molar-refractivity contribution >= 4 is 33.4 Å². The lowest BCUT2D eigenvalue weighted by molar-refractivity contribution is 0.139. The monoisotopic (exact) mass is 363 g/mol. The highest BCUT2D eigenvalue weighted by atomic mass is 79.9. The molecule has 0 radical (unpaired) electrons. The summed E-state index contributed by atoms with van der Waals surface area (Å²) in [5.74, 6) is -0.218. The molecule has 0 aliphatic rings. The van der Waals surface area contributed by atoms with Crippen LogP contribution in [0.25, 0.3) is 5.52 Å². The van der Waals surface area contributed by atoms with Crippen LogP contribution < -0.4 is 4.72 Å². The minimum absolute atomic E-state index is 0.0572. The summed E-state index contributed by atoms with van der Waals surface area (Å²) in [5.41, 5.74) is 1.31. The van der Waals surface area contributed by atoms with E-state index in [1.807, 2.05) is 0 Å². The molecule has 3 nitrogen and oxygen atoms in total. The van der Waals surface area contributed by atoms with Gasteiger partial charge in [0.25, 0.3) is 6.43 Å². The van der Waals surface area contributed by atoms with Gasteiger partial charge in [-0.3, -0.25) is 9.12 Å². The van der Waals surface area contributed by atoms with Crippen LogP contribution in [0.3, 0.4) is 0 Å². The Balaban J connectivity index is 2.30. The van der Waals surface area contributed by atoms with Crippen LogP contribution in [-0.2, 0) is 6.54 Å². The number of alkyl halides is 2. The largest absolute Gasteiger partial charge is 0.299 e. The molecule has 0 aliphatic heterocycles. The predicted molar refractivity (Wildman–Crippen MR) is 82.0 cm³/mol. The van der Waals surface area contributed by atoms with Gasteiger partial charge in [0.15, 0.2) is 5.82 Å². The second kappa shape index (κ2) is 5.99. The van der Waals surface area contributed by atoms with Crippen LogP contribution in [0, 0.1) is 0 Å². The molecule has 0 atom stereocenters. The Labute approximate surface area is 129 Å². The minimum atomic E-state index is -2.59. The molecule has 0 aromatic carbocycles. The summed E-state index contributed by atoms with van der Waals surface area (Å²) < 4.78 is 31.5. The Morgan fingerprint density at radius 3 is 2.75 bits per heavy atom. The average Bonchev–Trinajstić information content (AvgIpc) is 2.66. The van der Waals surface area contributed by atoms with Crippen LogP contribution in [0.2, 0.25) is 0 Å². The molecule has 2 aromatic rings. The second-order valence-electron chi connectivity index (χ2n) is 5.35.